The number of alkyl halides is 1. The van der Waals surface area contributed by atoms with Crippen molar-refractivity contribution in [1.29, 1.82) is 0 Å². The molecule has 2 aromatic rings. The van der Waals surface area contributed by atoms with Crippen molar-refractivity contribution in [3.8, 4) is 5.75 Å². The van der Waals surface area contributed by atoms with E-state index in [1.807, 2.05) is 22.6 Å². The largest absolute Gasteiger partial charge is 0.506 e. The number of phenolic OH excluding ortho intramolecular Hbond substituents is 1. The third kappa shape index (κ3) is 2.66. The quantitative estimate of drug-likeness (QED) is 0.383. The van der Waals surface area contributed by atoms with Gasteiger partial charge in [0.15, 0.2) is 0 Å². The lowest BCUT2D eigenvalue weighted by atomic mass is 9.91. The van der Waals surface area contributed by atoms with Crippen LogP contribution in [0.15, 0.2) is 36.4 Å². The van der Waals surface area contributed by atoms with E-state index in [9.17, 15) is 9.90 Å². The zero-order valence-electron chi connectivity index (χ0n) is 10.9. The van der Waals surface area contributed by atoms with Crippen molar-refractivity contribution in [2.24, 2.45) is 0 Å². The molecule has 2 aromatic carbocycles. The predicted octanol–water partition coefficient (Wildman–Crippen LogP) is 5.00. The molecule has 1 fully saturated rings. The highest BCUT2D eigenvalue weighted by Gasteiger charge is 2.49. The van der Waals surface area contributed by atoms with Gasteiger partial charge in [0.25, 0.3) is 0 Å². The van der Waals surface area contributed by atoms with E-state index < -0.39 is 11.4 Å². The molecule has 22 heavy (non-hydrogen) atoms. The first kappa shape index (κ1) is 16.2. The average Bonchev–Trinajstić information content (AvgIpc) is 2.49. The molecule has 0 spiro atoms. The van der Waals surface area contributed by atoms with Crippen molar-refractivity contribution >= 4 is 69.0 Å². The smallest absolute Gasteiger partial charge is 0.248 e. The van der Waals surface area contributed by atoms with Crippen LogP contribution in [0.3, 0.4) is 0 Å². The maximum Gasteiger partial charge on any atom is 0.248 e. The predicted molar refractivity (Wildman–Crippen MR) is 97.2 cm³/mol. The molecule has 1 N–H and O–H groups in total. The highest BCUT2D eigenvalue weighted by Crippen LogP contribution is 2.46. The summed E-state index contributed by atoms with van der Waals surface area (Å²) in [6, 6.07) is 9.69. The number of phenols is 1. The Labute approximate surface area is 155 Å². The Morgan fingerprint density at radius 2 is 1.73 bits per heavy atom. The van der Waals surface area contributed by atoms with Gasteiger partial charge in [-0.2, -0.15) is 0 Å². The number of nitrogens with zero attached hydrogens (tertiary/aromatic N) is 1. The number of halogens is 4. The average molecular weight is 469 g/mol. The fourth-order valence-corrected chi connectivity index (χ4v) is 3.99. The third-order valence-electron chi connectivity index (χ3n) is 3.51. The number of hydrogen-bond acceptors (Lipinski definition) is 2. The highest BCUT2D eigenvalue weighted by atomic mass is 127. The minimum absolute atomic E-state index is 0.0899. The van der Waals surface area contributed by atoms with Gasteiger partial charge in [-0.3, -0.25) is 4.79 Å². The van der Waals surface area contributed by atoms with Crippen LogP contribution in [0.25, 0.3) is 0 Å². The molecule has 0 bridgehead atoms. The van der Waals surface area contributed by atoms with Crippen LogP contribution >= 0.6 is 57.4 Å². The molecule has 7 heteroatoms. The summed E-state index contributed by atoms with van der Waals surface area (Å²) in [5, 5.41) is 10.6. The van der Waals surface area contributed by atoms with Crippen molar-refractivity contribution in [2.75, 3.05) is 4.90 Å². The van der Waals surface area contributed by atoms with Crippen LogP contribution in [0.1, 0.15) is 11.6 Å². The standard InChI is InChI=1S/C15H9Cl3INO2/c16-7-1-3-9(4-2-7)20-13(12(18)15(20)22)10-5-8(17)6-11(19)14(10)21/h1-6,12-13,21H. The highest BCUT2D eigenvalue weighted by molar-refractivity contribution is 14.1. The molecule has 1 aliphatic rings. The SMILES string of the molecule is O=C1C(Cl)C(c2cc(Cl)cc(I)c2O)N1c1ccc(Cl)cc1. The Morgan fingerprint density at radius 3 is 2.36 bits per heavy atom. The Kier molecular flexibility index (Phi) is 4.47. The molecule has 2 unspecified atom stereocenters. The zero-order valence-corrected chi connectivity index (χ0v) is 15.4. The number of β-lactam (4-membered cyclic amide) rings is 1. The number of anilines is 1. The van der Waals surface area contributed by atoms with E-state index in [-0.39, 0.29) is 11.7 Å². The number of carbonyl (C=O) groups excluding carboxylic acids is 1. The van der Waals surface area contributed by atoms with Crippen LogP contribution < -0.4 is 4.90 Å². The fourth-order valence-electron chi connectivity index (χ4n) is 2.45. The molecule has 114 valence electrons. The Bertz CT molecular complexity index is 751. The van der Waals surface area contributed by atoms with Gasteiger partial charge in [-0.1, -0.05) is 23.2 Å². The zero-order chi connectivity index (χ0) is 16.0. The molecule has 3 rings (SSSR count). The summed E-state index contributed by atoms with van der Waals surface area (Å²) in [4.78, 5) is 13.7. The number of aromatic hydroxyl groups is 1. The van der Waals surface area contributed by atoms with E-state index in [0.29, 0.717) is 24.9 Å². The van der Waals surface area contributed by atoms with E-state index >= 15 is 0 Å². The van der Waals surface area contributed by atoms with Gasteiger partial charge < -0.3 is 10.0 Å². The maximum atomic E-state index is 12.2. The molecule has 1 heterocycles. The number of hydrogen-bond donors (Lipinski definition) is 1. The summed E-state index contributed by atoms with van der Waals surface area (Å²) in [5.41, 5.74) is 1.21. The van der Waals surface area contributed by atoms with Crippen LogP contribution in [0.4, 0.5) is 5.69 Å². The molecule has 1 amide bonds. The Hall–Kier alpha value is -0.690. The van der Waals surface area contributed by atoms with Crippen molar-refractivity contribution in [3.63, 3.8) is 0 Å². The van der Waals surface area contributed by atoms with Crippen LogP contribution in [0.5, 0.6) is 5.75 Å². The summed E-state index contributed by atoms with van der Waals surface area (Å²) >= 11 is 20.1. The molecule has 0 radical (unpaired) electrons. The van der Waals surface area contributed by atoms with Gasteiger partial charge >= 0.3 is 0 Å². The number of benzene rings is 2. The van der Waals surface area contributed by atoms with E-state index in [1.165, 1.54) is 4.90 Å². The fraction of sp³-hybridized carbons (Fsp3) is 0.133. The van der Waals surface area contributed by atoms with E-state index in [1.54, 1.807) is 36.4 Å². The molecule has 0 aromatic heterocycles. The van der Waals surface area contributed by atoms with Gasteiger partial charge in [-0.05, 0) is 59.0 Å². The normalized spacial score (nSPS) is 20.9. The van der Waals surface area contributed by atoms with Crippen LogP contribution in [-0.2, 0) is 4.79 Å². The molecular formula is C15H9Cl3INO2. The van der Waals surface area contributed by atoms with Gasteiger partial charge in [0.1, 0.15) is 11.1 Å². The Balaban J connectivity index is 2.05. The summed E-state index contributed by atoms with van der Waals surface area (Å²) < 4.78 is 0.611. The minimum atomic E-state index is -0.740. The van der Waals surface area contributed by atoms with Crippen molar-refractivity contribution in [3.05, 3.63) is 55.6 Å². The van der Waals surface area contributed by atoms with Crippen molar-refractivity contribution in [2.45, 2.75) is 11.4 Å². The summed E-state index contributed by atoms with van der Waals surface area (Å²) in [6.07, 6.45) is 0. The number of rotatable bonds is 2. The van der Waals surface area contributed by atoms with Crippen LogP contribution in [-0.4, -0.2) is 16.4 Å². The minimum Gasteiger partial charge on any atom is -0.506 e. The van der Waals surface area contributed by atoms with Gasteiger partial charge in [0.2, 0.25) is 5.91 Å². The molecule has 1 saturated heterocycles. The summed E-state index contributed by atoms with van der Waals surface area (Å²) in [6.45, 7) is 0. The second-order valence-corrected chi connectivity index (χ2v) is 7.36. The van der Waals surface area contributed by atoms with Gasteiger partial charge in [0, 0.05) is 21.3 Å². The number of amides is 1. The maximum absolute atomic E-state index is 12.2. The second-order valence-electron chi connectivity index (χ2n) is 4.86. The lowest BCUT2D eigenvalue weighted by molar-refractivity contribution is -0.123. The lowest BCUT2D eigenvalue weighted by Gasteiger charge is -2.44. The second kappa shape index (κ2) is 6.07. The van der Waals surface area contributed by atoms with Crippen LogP contribution in [0.2, 0.25) is 10.0 Å². The molecule has 1 aliphatic heterocycles. The summed E-state index contributed by atoms with van der Waals surface area (Å²) in [5.74, 6) is -0.129. The van der Waals surface area contributed by atoms with Gasteiger partial charge in [0.05, 0.1) is 9.61 Å². The lowest BCUT2D eigenvalue weighted by Crippen LogP contribution is -2.56. The first-order chi connectivity index (χ1) is 10.4. The topological polar surface area (TPSA) is 40.5 Å². The summed E-state index contributed by atoms with van der Waals surface area (Å²) in [7, 11) is 0. The first-order valence-electron chi connectivity index (χ1n) is 6.31. The third-order valence-corrected chi connectivity index (χ3v) is 5.23. The van der Waals surface area contributed by atoms with Gasteiger partial charge in [-0.25, -0.2) is 0 Å². The van der Waals surface area contributed by atoms with E-state index in [4.69, 9.17) is 34.8 Å². The monoisotopic (exact) mass is 467 g/mol. The number of carbonyl (C=O) groups is 1. The molecule has 2 atom stereocenters. The van der Waals surface area contributed by atoms with Crippen LogP contribution in [0, 0.1) is 3.57 Å². The van der Waals surface area contributed by atoms with Crippen molar-refractivity contribution < 1.29 is 9.90 Å². The van der Waals surface area contributed by atoms with Gasteiger partial charge in [-0.15, -0.1) is 11.6 Å². The Morgan fingerprint density at radius 1 is 1.09 bits per heavy atom. The molecule has 0 aliphatic carbocycles. The molecular weight excluding hydrogens is 459 g/mol. The molecule has 3 nitrogen and oxygen atoms in total. The first-order valence-corrected chi connectivity index (χ1v) is 8.58. The van der Waals surface area contributed by atoms with E-state index in [2.05, 4.69) is 0 Å². The molecule has 0 saturated carbocycles. The van der Waals surface area contributed by atoms with Crippen molar-refractivity contribution in [1.82, 2.24) is 0 Å². The van der Waals surface area contributed by atoms with E-state index in [0.717, 1.165) is 0 Å².